The molecule has 0 aromatic heterocycles. The fraction of sp³-hybridized carbons (Fsp3) is 0.368. The molecule has 0 radical (unpaired) electrons. The standard InChI is InChI=1S/C19H22ClNO/c20-19-9-2-1-8-18(19)17-7-3-5-16(15-17)6-4-10-21-11-13-22-14-12-21/h1-3,5,7-9,15H,4,6,10-14H2. The van der Waals surface area contributed by atoms with Crippen molar-refractivity contribution in [3.05, 3.63) is 59.1 Å². The van der Waals surface area contributed by atoms with Gasteiger partial charge in [0.05, 0.1) is 13.2 Å². The Bertz CT molecular complexity index is 608. The lowest BCUT2D eigenvalue weighted by atomic mass is 10.0. The molecule has 1 aliphatic heterocycles. The van der Waals surface area contributed by atoms with Crippen LogP contribution in [0.5, 0.6) is 0 Å². The highest BCUT2D eigenvalue weighted by Crippen LogP contribution is 2.28. The first kappa shape index (κ1) is 15.5. The minimum Gasteiger partial charge on any atom is -0.379 e. The second kappa shape index (κ2) is 7.77. The van der Waals surface area contributed by atoms with Crippen LogP contribution in [0.15, 0.2) is 48.5 Å². The van der Waals surface area contributed by atoms with E-state index in [0.717, 1.165) is 49.9 Å². The number of hydrogen-bond acceptors (Lipinski definition) is 2. The summed E-state index contributed by atoms with van der Waals surface area (Å²) in [5.41, 5.74) is 3.69. The van der Waals surface area contributed by atoms with Crippen LogP contribution in [0.1, 0.15) is 12.0 Å². The number of halogens is 1. The minimum absolute atomic E-state index is 0.813. The molecule has 3 heteroatoms. The van der Waals surface area contributed by atoms with Crippen molar-refractivity contribution in [2.24, 2.45) is 0 Å². The average molecular weight is 316 g/mol. The Morgan fingerprint density at radius 3 is 2.64 bits per heavy atom. The lowest BCUT2D eigenvalue weighted by Gasteiger charge is -2.26. The average Bonchev–Trinajstić information content (AvgIpc) is 2.57. The Kier molecular flexibility index (Phi) is 5.49. The van der Waals surface area contributed by atoms with Gasteiger partial charge in [-0.15, -0.1) is 0 Å². The van der Waals surface area contributed by atoms with Crippen molar-refractivity contribution in [3.8, 4) is 11.1 Å². The van der Waals surface area contributed by atoms with E-state index in [1.807, 2.05) is 18.2 Å². The zero-order chi connectivity index (χ0) is 15.2. The maximum Gasteiger partial charge on any atom is 0.0594 e. The van der Waals surface area contributed by atoms with Gasteiger partial charge in [-0.05, 0) is 36.6 Å². The van der Waals surface area contributed by atoms with Crippen molar-refractivity contribution >= 4 is 11.6 Å². The molecule has 0 amide bonds. The van der Waals surface area contributed by atoms with Crippen LogP contribution in [-0.4, -0.2) is 37.7 Å². The van der Waals surface area contributed by atoms with Crippen LogP contribution in [-0.2, 0) is 11.2 Å². The molecule has 0 saturated carbocycles. The third-order valence-electron chi connectivity index (χ3n) is 4.16. The van der Waals surface area contributed by atoms with Gasteiger partial charge in [0.2, 0.25) is 0 Å². The summed E-state index contributed by atoms with van der Waals surface area (Å²) in [7, 11) is 0. The molecule has 0 bridgehead atoms. The van der Waals surface area contributed by atoms with E-state index in [1.54, 1.807) is 0 Å². The molecule has 0 atom stereocenters. The van der Waals surface area contributed by atoms with Crippen LogP contribution in [0.3, 0.4) is 0 Å². The second-order valence-electron chi connectivity index (χ2n) is 5.74. The van der Waals surface area contributed by atoms with Gasteiger partial charge in [-0.2, -0.15) is 0 Å². The molecule has 0 unspecified atom stereocenters. The quantitative estimate of drug-likeness (QED) is 0.817. The third kappa shape index (κ3) is 4.10. The molecule has 1 aliphatic rings. The van der Waals surface area contributed by atoms with E-state index in [-0.39, 0.29) is 0 Å². The summed E-state index contributed by atoms with van der Waals surface area (Å²) in [6, 6.07) is 16.8. The highest BCUT2D eigenvalue weighted by molar-refractivity contribution is 6.33. The molecule has 2 nitrogen and oxygen atoms in total. The van der Waals surface area contributed by atoms with Gasteiger partial charge in [0, 0.05) is 23.7 Å². The molecule has 2 aromatic rings. The largest absolute Gasteiger partial charge is 0.379 e. The first-order valence-corrected chi connectivity index (χ1v) is 8.35. The van der Waals surface area contributed by atoms with E-state index in [1.165, 1.54) is 17.5 Å². The number of benzene rings is 2. The van der Waals surface area contributed by atoms with E-state index in [0.29, 0.717) is 0 Å². The van der Waals surface area contributed by atoms with Crippen LogP contribution in [0.2, 0.25) is 5.02 Å². The Morgan fingerprint density at radius 1 is 1.00 bits per heavy atom. The molecular formula is C19H22ClNO. The molecule has 0 spiro atoms. The van der Waals surface area contributed by atoms with Gasteiger partial charge in [0.1, 0.15) is 0 Å². The fourth-order valence-electron chi connectivity index (χ4n) is 2.92. The molecule has 1 heterocycles. The summed E-state index contributed by atoms with van der Waals surface area (Å²) in [4.78, 5) is 2.49. The van der Waals surface area contributed by atoms with Crippen LogP contribution < -0.4 is 0 Å². The molecule has 2 aromatic carbocycles. The predicted molar refractivity (Wildman–Crippen MR) is 92.5 cm³/mol. The fourth-order valence-corrected chi connectivity index (χ4v) is 3.17. The monoisotopic (exact) mass is 315 g/mol. The molecule has 3 rings (SSSR count). The van der Waals surface area contributed by atoms with Crippen molar-refractivity contribution in [3.63, 3.8) is 0 Å². The topological polar surface area (TPSA) is 12.5 Å². The maximum atomic E-state index is 6.30. The summed E-state index contributed by atoms with van der Waals surface area (Å²) in [6.45, 7) is 5.04. The highest BCUT2D eigenvalue weighted by Gasteiger charge is 2.09. The molecule has 1 saturated heterocycles. The summed E-state index contributed by atoms with van der Waals surface area (Å²) < 4.78 is 5.39. The van der Waals surface area contributed by atoms with Gasteiger partial charge in [-0.1, -0.05) is 54.1 Å². The van der Waals surface area contributed by atoms with Crippen LogP contribution in [0.25, 0.3) is 11.1 Å². The molecule has 22 heavy (non-hydrogen) atoms. The number of rotatable bonds is 5. The van der Waals surface area contributed by atoms with Crippen molar-refractivity contribution < 1.29 is 4.74 Å². The highest BCUT2D eigenvalue weighted by atomic mass is 35.5. The van der Waals surface area contributed by atoms with Crippen molar-refractivity contribution in [2.75, 3.05) is 32.8 Å². The molecule has 0 N–H and O–H groups in total. The van der Waals surface area contributed by atoms with E-state index in [2.05, 4.69) is 35.2 Å². The first-order chi connectivity index (χ1) is 10.8. The maximum absolute atomic E-state index is 6.30. The number of aryl methyl sites for hydroxylation is 1. The predicted octanol–water partition coefficient (Wildman–Crippen LogP) is 4.27. The number of ether oxygens (including phenoxy) is 1. The zero-order valence-electron chi connectivity index (χ0n) is 12.8. The van der Waals surface area contributed by atoms with Crippen LogP contribution in [0, 0.1) is 0 Å². The molecule has 0 aliphatic carbocycles. The van der Waals surface area contributed by atoms with Gasteiger partial charge in [-0.3, -0.25) is 4.90 Å². The summed E-state index contributed by atoms with van der Waals surface area (Å²) >= 11 is 6.30. The smallest absolute Gasteiger partial charge is 0.0594 e. The number of hydrogen-bond donors (Lipinski definition) is 0. The van der Waals surface area contributed by atoms with Gasteiger partial charge >= 0.3 is 0 Å². The van der Waals surface area contributed by atoms with Gasteiger partial charge in [0.25, 0.3) is 0 Å². The van der Waals surface area contributed by atoms with Crippen molar-refractivity contribution in [1.29, 1.82) is 0 Å². The van der Waals surface area contributed by atoms with Crippen LogP contribution >= 0.6 is 11.6 Å². The van der Waals surface area contributed by atoms with E-state index < -0.39 is 0 Å². The third-order valence-corrected chi connectivity index (χ3v) is 4.48. The minimum atomic E-state index is 0.813. The molecule has 116 valence electrons. The Labute approximate surface area is 137 Å². The Morgan fingerprint density at radius 2 is 1.82 bits per heavy atom. The summed E-state index contributed by atoms with van der Waals surface area (Å²) in [6.07, 6.45) is 2.29. The van der Waals surface area contributed by atoms with Crippen molar-refractivity contribution in [2.45, 2.75) is 12.8 Å². The van der Waals surface area contributed by atoms with Crippen LogP contribution in [0.4, 0.5) is 0 Å². The first-order valence-electron chi connectivity index (χ1n) is 7.97. The number of morpholine rings is 1. The SMILES string of the molecule is Clc1ccccc1-c1cccc(CCCN2CCOCC2)c1. The molecule has 1 fully saturated rings. The lowest BCUT2D eigenvalue weighted by Crippen LogP contribution is -2.36. The number of nitrogens with zero attached hydrogens (tertiary/aromatic N) is 1. The normalized spacial score (nSPS) is 15.9. The zero-order valence-corrected chi connectivity index (χ0v) is 13.6. The summed E-state index contributed by atoms with van der Waals surface area (Å²) in [5.74, 6) is 0. The summed E-state index contributed by atoms with van der Waals surface area (Å²) in [5, 5.41) is 0.813. The Hall–Kier alpha value is -1.35. The second-order valence-corrected chi connectivity index (χ2v) is 6.14. The van der Waals surface area contributed by atoms with Gasteiger partial charge in [0.15, 0.2) is 0 Å². The van der Waals surface area contributed by atoms with E-state index in [4.69, 9.17) is 16.3 Å². The van der Waals surface area contributed by atoms with E-state index in [9.17, 15) is 0 Å². The lowest BCUT2D eigenvalue weighted by molar-refractivity contribution is 0.0375. The van der Waals surface area contributed by atoms with Gasteiger partial charge < -0.3 is 4.74 Å². The van der Waals surface area contributed by atoms with Crippen molar-refractivity contribution in [1.82, 2.24) is 4.90 Å². The van der Waals surface area contributed by atoms with Gasteiger partial charge in [-0.25, -0.2) is 0 Å². The molecular weight excluding hydrogens is 294 g/mol. The Balaban J connectivity index is 1.60. The van der Waals surface area contributed by atoms with E-state index >= 15 is 0 Å².